The van der Waals surface area contributed by atoms with E-state index in [-0.39, 0.29) is 5.91 Å². The van der Waals surface area contributed by atoms with Crippen LogP contribution in [0.1, 0.15) is 19.8 Å². The lowest BCUT2D eigenvalue weighted by molar-refractivity contribution is -0.119. The molecule has 0 radical (unpaired) electrons. The Balaban J connectivity index is 3.81. The summed E-state index contributed by atoms with van der Waals surface area (Å²) >= 11 is -2.22. The molecule has 96 valence electrons. The summed E-state index contributed by atoms with van der Waals surface area (Å²) < 4.78 is 7.40. The molecule has 0 unspecified atom stereocenters. The van der Waals surface area contributed by atoms with Crippen LogP contribution in [0.2, 0.25) is 0 Å². The first-order chi connectivity index (χ1) is 8.13. The minimum atomic E-state index is -2.22. The highest BCUT2D eigenvalue weighted by molar-refractivity contribution is 6.57. The molecule has 0 rings (SSSR count). The van der Waals surface area contributed by atoms with Crippen molar-refractivity contribution >= 4 is 33.5 Å². The van der Waals surface area contributed by atoms with E-state index in [1.54, 1.807) is 0 Å². The molecule has 0 aromatic heterocycles. The Hall–Kier alpha value is -1.10. The van der Waals surface area contributed by atoms with Gasteiger partial charge in [0.05, 0.1) is 0 Å². The fourth-order valence-electron chi connectivity index (χ4n) is 1.17. The van der Waals surface area contributed by atoms with Gasteiger partial charge in [-0.3, -0.25) is 14.4 Å². The zero-order valence-electron chi connectivity index (χ0n) is 10.2. The molecule has 0 atom stereocenters. The number of nitrogens with zero attached hydrogens (tertiary/aromatic N) is 1. The standard InChI is InChI=1S/C7H16N2O.2CH3NO.Al/c1-3-9(2)6-4-5-7(8)10;2*2-1-3;/h3-6H2,1-2H3,(H2,8,10);2*1H,(H2,2,3);/q;;;+3/p-3. The van der Waals surface area contributed by atoms with E-state index in [9.17, 15) is 14.4 Å². The molecule has 0 aromatic rings. The van der Waals surface area contributed by atoms with Crippen molar-refractivity contribution in [2.24, 2.45) is 0 Å². The molecule has 0 aliphatic heterocycles. The molecular weight excluding hydrogens is 239 g/mol. The maximum absolute atomic E-state index is 11.5. The number of nitrogens with one attached hydrogen (secondary N) is 3. The second kappa shape index (κ2) is 10.1. The van der Waals surface area contributed by atoms with Crippen LogP contribution in [0.5, 0.6) is 0 Å². The Morgan fingerprint density at radius 2 is 1.88 bits per heavy atom. The normalized spacial score (nSPS) is 9.59. The largest absolute Gasteiger partial charge is 0.740 e. The Morgan fingerprint density at radius 1 is 1.29 bits per heavy atom. The maximum atomic E-state index is 11.5. The minimum Gasteiger partial charge on any atom is -0.412 e. The van der Waals surface area contributed by atoms with Crippen LogP contribution < -0.4 is 12.9 Å². The number of hydrogen-bond acceptors (Lipinski definition) is 4. The van der Waals surface area contributed by atoms with Gasteiger partial charge in [-0.15, -0.1) is 0 Å². The smallest absolute Gasteiger partial charge is 0.412 e. The Labute approximate surface area is 106 Å². The van der Waals surface area contributed by atoms with Crippen LogP contribution in [-0.4, -0.2) is 58.6 Å². The van der Waals surface area contributed by atoms with Crippen molar-refractivity contribution in [3.8, 4) is 0 Å². The molecule has 0 bridgehead atoms. The van der Waals surface area contributed by atoms with Gasteiger partial charge in [0.2, 0.25) is 0 Å². The summed E-state index contributed by atoms with van der Waals surface area (Å²) in [7, 11) is 1.98. The van der Waals surface area contributed by atoms with Gasteiger partial charge in [0.1, 0.15) is 0 Å². The highest BCUT2D eigenvalue weighted by atomic mass is 27.2. The molecule has 0 saturated heterocycles. The lowest BCUT2D eigenvalue weighted by Gasteiger charge is -2.14. The van der Waals surface area contributed by atoms with E-state index in [2.05, 4.69) is 17.8 Å². The summed E-state index contributed by atoms with van der Waals surface area (Å²) in [6.07, 6.45) is 2.07. The van der Waals surface area contributed by atoms with Crippen molar-refractivity contribution in [3.63, 3.8) is 0 Å². The zero-order valence-corrected chi connectivity index (χ0v) is 11.4. The van der Waals surface area contributed by atoms with Crippen LogP contribution in [-0.2, 0) is 14.4 Å². The van der Waals surface area contributed by atoms with E-state index >= 15 is 0 Å². The topological polar surface area (TPSA) is 90.5 Å². The minimum absolute atomic E-state index is 0.158. The molecule has 0 fully saturated rings. The van der Waals surface area contributed by atoms with E-state index in [4.69, 9.17) is 0 Å². The van der Waals surface area contributed by atoms with Crippen molar-refractivity contribution in [1.82, 2.24) is 17.8 Å². The second-order valence-electron chi connectivity index (χ2n) is 3.57. The van der Waals surface area contributed by atoms with Gasteiger partial charge in [-0.2, -0.15) is 0 Å². The van der Waals surface area contributed by atoms with Gasteiger partial charge in [0.15, 0.2) is 18.7 Å². The van der Waals surface area contributed by atoms with Crippen LogP contribution in [0.3, 0.4) is 0 Å². The molecule has 17 heavy (non-hydrogen) atoms. The molecule has 7 nitrogen and oxygen atoms in total. The molecule has 0 aliphatic rings. The lowest BCUT2D eigenvalue weighted by atomic mass is 10.3. The fraction of sp³-hybridized carbons (Fsp3) is 0.667. The third-order valence-corrected chi connectivity index (χ3v) is 3.81. The predicted octanol–water partition coefficient (Wildman–Crippen LogP) is -1.69. The van der Waals surface area contributed by atoms with Crippen molar-refractivity contribution in [1.29, 1.82) is 0 Å². The molecule has 0 aliphatic carbocycles. The Kier molecular flexibility index (Phi) is 9.43. The summed E-state index contributed by atoms with van der Waals surface area (Å²) in [5, 5.41) is 0. The first-order valence-electron chi connectivity index (χ1n) is 5.51. The zero-order chi connectivity index (χ0) is 13.1. The summed E-state index contributed by atoms with van der Waals surface area (Å²) in [6.45, 7) is 3.84. The molecule has 0 spiro atoms. The number of carbonyl (C=O) groups is 3. The van der Waals surface area contributed by atoms with Crippen molar-refractivity contribution in [3.05, 3.63) is 0 Å². The average molecular weight is 258 g/mol. The predicted molar refractivity (Wildman–Crippen MR) is 64.7 cm³/mol. The van der Waals surface area contributed by atoms with Crippen LogP contribution in [0.4, 0.5) is 0 Å². The van der Waals surface area contributed by atoms with E-state index in [1.807, 2.05) is 14.0 Å². The van der Waals surface area contributed by atoms with E-state index < -0.39 is 14.8 Å². The van der Waals surface area contributed by atoms with Crippen LogP contribution in [0, 0.1) is 0 Å². The van der Waals surface area contributed by atoms with Gasteiger partial charge in [0.25, 0.3) is 0 Å². The van der Waals surface area contributed by atoms with Crippen molar-refractivity contribution < 1.29 is 14.4 Å². The fourth-order valence-corrected chi connectivity index (χ4v) is 2.17. The van der Waals surface area contributed by atoms with E-state index in [0.717, 1.165) is 19.5 Å². The first-order valence-corrected chi connectivity index (χ1v) is 7.24. The van der Waals surface area contributed by atoms with Gasteiger partial charge >= 0.3 is 14.8 Å². The number of amides is 3. The molecule has 3 N–H and O–H groups in total. The summed E-state index contributed by atoms with van der Waals surface area (Å²) in [4.78, 5) is 34.0. The molecular formula is C9H19AlN4O3. The number of carbonyl (C=O) groups excluding carboxylic acids is 3. The molecule has 0 saturated carbocycles. The van der Waals surface area contributed by atoms with Gasteiger partial charge in [-0.05, 0) is 26.6 Å². The Morgan fingerprint density at radius 3 is 2.35 bits per heavy atom. The average Bonchev–Trinajstić information content (AvgIpc) is 2.29. The van der Waals surface area contributed by atoms with Gasteiger partial charge in [-0.1, -0.05) is 6.92 Å². The first kappa shape index (κ1) is 15.9. The number of rotatable bonds is 10. The molecule has 0 aromatic carbocycles. The SMILES string of the molecule is CCN(C)CCCC(=O)[NH][Al]([NH]C=O)[NH]C=O. The highest BCUT2D eigenvalue weighted by Crippen LogP contribution is 1.92. The van der Waals surface area contributed by atoms with Gasteiger partial charge in [0, 0.05) is 6.42 Å². The second-order valence-corrected chi connectivity index (χ2v) is 5.39. The molecule has 3 amide bonds. The van der Waals surface area contributed by atoms with Gasteiger partial charge in [-0.25, -0.2) is 0 Å². The van der Waals surface area contributed by atoms with Crippen LogP contribution >= 0.6 is 0 Å². The van der Waals surface area contributed by atoms with Crippen LogP contribution in [0.15, 0.2) is 0 Å². The van der Waals surface area contributed by atoms with Crippen molar-refractivity contribution in [2.75, 3.05) is 20.1 Å². The molecule has 8 heteroatoms. The highest BCUT2D eigenvalue weighted by Gasteiger charge is 2.24. The summed E-state index contributed by atoms with van der Waals surface area (Å²) in [5.74, 6) is -0.158. The molecule has 0 heterocycles. The lowest BCUT2D eigenvalue weighted by Crippen LogP contribution is -2.59. The quantitative estimate of drug-likeness (QED) is 0.322. The van der Waals surface area contributed by atoms with Crippen LogP contribution in [0.25, 0.3) is 0 Å². The van der Waals surface area contributed by atoms with E-state index in [1.165, 1.54) is 0 Å². The van der Waals surface area contributed by atoms with Crippen molar-refractivity contribution in [2.45, 2.75) is 19.8 Å². The van der Waals surface area contributed by atoms with Gasteiger partial charge < -0.3 is 17.8 Å². The monoisotopic (exact) mass is 258 g/mol. The number of hydrogen-bond donors (Lipinski definition) is 3. The summed E-state index contributed by atoms with van der Waals surface area (Å²) in [6, 6.07) is 0. The third-order valence-electron chi connectivity index (χ3n) is 2.26. The third kappa shape index (κ3) is 8.68. The van der Waals surface area contributed by atoms with E-state index in [0.29, 0.717) is 19.2 Å². The maximum Gasteiger partial charge on any atom is 0.740 e. The Bertz CT molecular complexity index is 242. The summed E-state index contributed by atoms with van der Waals surface area (Å²) in [5.41, 5.74) is 0.